The Morgan fingerprint density at radius 1 is 1.46 bits per heavy atom. The van der Waals surface area contributed by atoms with Gasteiger partial charge in [-0.15, -0.1) is 0 Å². The summed E-state index contributed by atoms with van der Waals surface area (Å²) in [5, 5.41) is 17.2. The first-order valence-electron chi connectivity index (χ1n) is 3.24. The van der Waals surface area contributed by atoms with E-state index in [4.69, 9.17) is 11.1 Å². The predicted octanol–water partition coefficient (Wildman–Crippen LogP) is -1.35. The first kappa shape index (κ1) is 9.20. The molecule has 0 aromatic heterocycles. The van der Waals surface area contributed by atoms with Crippen LogP contribution in [0, 0.1) is 15.5 Å². The first-order valence-corrected chi connectivity index (χ1v) is 3.24. The van der Waals surface area contributed by atoms with Gasteiger partial charge in [0.1, 0.15) is 5.71 Å². The number of Topliss-reactive ketones (excluding diaryl/α,β-unsaturated/α-hetero) is 2. The maximum absolute atomic E-state index is 10.9. The molecular weight excluding hydrogens is 178 g/mol. The topological polar surface area (TPSA) is 127 Å². The predicted molar refractivity (Wildman–Crippen MR) is 40.8 cm³/mol. The molecule has 0 saturated carbocycles. The summed E-state index contributed by atoms with van der Waals surface area (Å²) in [4.78, 5) is 30.9. The summed E-state index contributed by atoms with van der Waals surface area (Å²) in [7, 11) is 0. The van der Waals surface area contributed by atoms with E-state index in [1.54, 1.807) is 0 Å². The summed E-state index contributed by atoms with van der Waals surface area (Å²) >= 11 is 0. The van der Waals surface area contributed by atoms with E-state index in [0.717, 1.165) is 6.08 Å². The Bertz CT molecular complexity index is 357. The molecule has 0 amide bonds. The van der Waals surface area contributed by atoms with Crippen LogP contribution in [0.2, 0.25) is 0 Å². The number of ketones is 2. The van der Waals surface area contributed by atoms with Gasteiger partial charge in [0.15, 0.2) is 0 Å². The van der Waals surface area contributed by atoms with E-state index in [1.807, 2.05) is 0 Å². The van der Waals surface area contributed by atoms with E-state index >= 15 is 0 Å². The zero-order chi connectivity index (χ0) is 10.2. The molecule has 0 fully saturated rings. The molecule has 7 nitrogen and oxygen atoms in total. The fourth-order valence-corrected chi connectivity index (χ4v) is 0.863. The lowest BCUT2D eigenvalue weighted by atomic mass is 9.96. The average molecular weight is 183 g/mol. The van der Waals surface area contributed by atoms with Crippen molar-refractivity contribution in [3.63, 3.8) is 0 Å². The zero-order valence-corrected chi connectivity index (χ0v) is 6.31. The van der Waals surface area contributed by atoms with Crippen LogP contribution in [-0.4, -0.2) is 28.2 Å². The van der Waals surface area contributed by atoms with Crippen molar-refractivity contribution in [2.24, 2.45) is 5.73 Å². The minimum atomic E-state index is -1.28. The Kier molecular flexibility index (Phi) is 2.03. The summed E-state index contributed by atoms with van der Waals surface area (Å²) < 4.78 is 0. The van der Waals surface area contributed by atoms with Crippen LogP contribution in [-0.2, 0) is 9.59 Å². The standard InChI is InChI=1S/C6H5N3O4/c7-2-1-3(9(12)13)5(10)6(11)4(2)8/h1-2,8H,7H2. The highest BCUT2D eigenvalue weighted by Crippen LogP contribution is 2.08. The maximum atomic E-state index is 10.9. The number of rotatable bonds is 1. The quantitative estimate of drug-likeness (QED) is 0.295. The molecule has 0 heterocycles. The van der Waals surface area contributed by atoms with Crippen molar-refractivity contribution in [3.05, 3.63) is 21.9 Å². The molecule has 1 aliphatic rings. The average Bonchev–Trinajstić information content (AvgIpc) is 2.07. The van der Waals surface area contributed by atoms with Crippen molar-refractivity contribution in [3.8, 4) is 0 Å². The highest BCUT2D eigenvalue weighted by molar-refractivity contribution is 6.69. The summed E-state index contributed by atoms with van der Waals surface area (Å²) in [6.45, 7) is 0. The molecule has 0 bridgehead atoms. The van der Waals surface area contributed by atoms with E-state index in [9.17, 15) is 19.7 Å². The second kappa shape index (κ2) is 2.87. The van der Waals surface area contributed by atoms with Crippen LogP contribution in [0.1, 0.15) is 0 Å². The Balaban J connectivity index is 3.20. The van der Waals surface area contributed by atoms with Crippen molar-refractivity contribution in [2.75, 3.05) is 0 Å². The van der Waals surface area contributed by atoms with Gasteiger partial charge in [-0.05, 0) is 0 Å². The number of nitrogens with one attached hydrogen (secondary N) is 1. The Morgan fingerprint density at radius 3 is 2.46 bits per heavy atom. The van der Waals surface area contributed by atoms with E-state index in [1.165, 1.54) is 0 Å². The van der Waals surface area contributed by atoms with Gasteiger partial charge < -0.3 is 5.73 Å². The fraction of sp³-hybridized carbons (Fsp3) is 0.167. The van der Waals surface area contributed by atoms with E-state index in [0.29, 0.717) is 0 Å². The SMILES string of the molecule is N=C1C(=O)C(=O)C([N+](=O)[O-])=CC1N. The Morgan fingerprint density at radius 2 is 2.00 bits per heavy atom. The minimum Gasteiger partial charge on any atom is -0.319 e. The van der Waals surface area contributed by atoms with E-state index in [-0.39, 0.29) is 0 Å². The third kappa shape index (κ3) is 1.36. The molecule has 0 aromatic carbocycles. The molecular formula is C6H5N3O4. The third-order valence-corrected chi connectivity index (χ3v) is 1.55. The number of carbonyl (C=O) groups is 2. The van der Waals surface area contributed by atoms with E-state index < -0.39 is 33.9 Å². The monoisotopic (exact) mass is 183 g/mol. The molecule has 3 N–H and O–H groups in total. The first-order chi connectivity index (χ1) is 5.95. The Labute approximate surface area is 71.9 Å². The Hall–Kier alpha value is -1.89. The van der Waals surface area contributed by atoms with E-state index in [2.05, 4.69) is 0 Å². The van der Waals surface area contributed by atoms with Crippen LogP contribution in [0.15, 0.2) is 11.8 Å². The van der Waals surface area contributed by atoms with Gasteiger partial charge in [0.2, 0.25) is 0 Å². The largest absolute Gasteiger partial charge is 0.319 e. The van der Waals surface area contributed by atoms with Crippen molar-refractivity contribution in [2.45, 2.75) is 6.04 Å². The molecule has 68 valence electrons. The number of hydrogen-bond donors (Lipinski definition) is 2. The van der Waals surface area contributed by atoms with Gasteiger partial charge in [0.25, 0.3) is 5.78 Å². The van der Waals surface area contributed by atoms with Crippen LogP contribution < -0.4 is 5.73 Å². The number of allylic oxidation sites excluding steroid dienone is 1. The molecule has 0 saturated heterocycles. The van der Waals surface area contributed by atoms with Gasteiger partial charge in [-0.25, -0.2) is 0 Å². The van der Waals surface area contributed by atoms with Gasteiger partial charge in [-0.3, -0.25) is 25.1 Å². The van der Waals surface area contributed by atoms with Crippen molar-refractivity contribution in [1.29, 1.82) is 5.41 Å². The van der Waals surface area contributed by atoms with Crippen LogP contribution in [0.5, 0.6) is 0 Å². The number of hydrogen-bond acceptors (Lipinski definition) is 6. The zero-order valence-electron chi connectivity index (χ0n) is 6.31. The molecule has 0 radical (unpaired) electrons. The van der Waals surface area contributed by atoms with Crippen LogP contribution in [0.4, 0.5) is 0 Å². The van der Waals surface area contributed by atoms with Crippen molar-refractivity contribution in [1.82, 2.24) is 0 Å². The molecule has 1 rings (SSSR count). The van der Waals surface area contributed by atoms with Gasteiger partial charge in [-0.1, -0.05) is 0 Å². The van der Waals surface area contributed by atoms with Crippen molar-refractivity contribution >= 4 is 17.3 Å². The van der Waals surface area contributed by atoms with Gasteiger partial charge in [0.05, 0.1) is 11.0 Å². The lowest BCUT2D eigenvalue weighted by molar-refractivity contribution is -0.418. The van der Waals surface area contributed by atoms with Gasteiger partial charge in [0, 0.05) is 6.08 Å². The van der Waals surface area contributed by atoms with Crippen molar-refractivity contribution < 1.29 is 14.5 Å². The highest BCUT2D eigenvalue weighted by atomic mass is 16.6. The molecule has 1 aliphatic carbocycles. The smallest absolute Gasteiger partial charge is 0.318 e. The second-order valence-electron chi connectivity index (χ2n) is 2.41. The summed E-state index contributed by atoms with van der Waals surface area (Å²) in [6.07, 6.45) is 0.798. The molecule has 0 aromatic rings. The molecule has 0 spiro atoms. The lowest BCUT2D eigenvalue weighted by Gasteiger charge is -2.10. The highest BCUT2D eigenvalue weighted by Gasteiger charge is 2.38. The normalized spacial score (nSPS) is 23.0. The lowest BCUT2D eigenvalue weighted by Crippen LogP contribution is -2.43. The summed E-state index contributed by atoms with van der Waals surface area (Å²) in [5.41, 5.74) is 3.71. The van der Waals surface area contributed by atoms with Crippen LogP contribution >= 0.6 is 0 Å². The maximum Gasteiger partial charge on any atom is 0.318 e. The number of nitrogens with zero attached hydrogens (tertiary/aromatic N) is 1. The number of nitro groups is 1. The van der Waals surface area contributed by atoms with Gasteiger partial charge >= 0.3 is 11.5 Å². The number of carbonyl (C=O) groups excluding carboxylic acids is 2. The van der Waals surface area contributed by atoms with Gasteiger partial charge in [-0.2, -0.15) is 0 Å². The third-order valence-electron chi connectivity index (χ3n) is 1.55. The van der Waals surface area contributed by atoms with Crippen LogP contribution in [0.3, 0.4) is 0 Å². The molecule has 0 aliphatic heterocycles. The molecule has 7 heteroatoms. The molecule has 13 heavy (non-hydrogen) atoms. The second-order valence-corrected chi connectivity index (χ2v) is 2.41. The summed E-state index contributed by atoms with van der Waals surface area (Å²) in [5.74, 6) is -2.49. The van der Waals surface area contributed by atoms with Crippen LogP contribution in [0.25, 0.3) is 0 Å². The molecule has 1 atom stereocenters. The fourth-order valence-electron chi connectivity index (χ4n) is 0.863. The minimum absolute atomic E-state index is 0.615. The molecule has 1 unspecified atom stereocenters. The summed E-state index contributed by atoms with van der Waals surface area (Å²) in [6, 6.07) is -1.16. The number of nitrogens with two attached hydrogens (primary N) is 1.